The zero-order valence-corrected chi connectivity index (χ0v) is 11.0. The zero-order chi connectivity index (χ0) is 13.9. The molecule has 2 unspecified atom stereocenters. The van der Waals surface area contributed by atoms with Crippen molar-refractivity contribution < 1.29 is 17.4 Å². The van der Waals surface area contributed by atoms with E-state index in [1.54, 1.807) is 0 Å². The smallest absolute Gasteiger partial charge is 0.254 e. The van der Waals surface area contributed by atoms with Gasteiger partial charge < -0.3 is 0 Å². The maximum Gasteiger partial charge on any atom is 0.405 e. The first-order valence-corrected chi connectivity index (χ1v) is 6.63. The molecule has 0 saturated heterocycles. The first kappa shape index (κ1) is 15.3. The number of rotatable bonds is 3. The molecule has 0 fully saturated rings. The maximum atomic E-state index is 12.3. The lowest BCUT2D eigenvalue weighted by atomic mass is 10.2. The second-order valence-corrected chi connectivity index (χ2v) is 5.62. The van der Waals surface area contributed by atoms with Crippen LogP contribution >= 0.6 is 23.2 Å². The largest absolute Gasteiger partial charge is 0.405 e. The average Bonchev–Trinajstić information content (AvgIpc) is 2.27. The average molecular weight is 316 g/mol. The van der Waals surface area contributed by atoms with Gasteiger partial charge in [-0.15, -0.1) is 0 Å². The Morgan fingerprint density at radius 3 is 2.39 bits per heavy atom. The number of benzene rings is 1. The SMILES string of the molecule is N#CC(CS(=O)c1ccc(Cl)c(Cl)c1)C(F)(F)F. The Hall–Kier alpha value is -0.770. The van der Waals surface area contributed by atoms with Crippen molar-refractivity contribution in [2.45, 2.75) is 11.1 Å². The number of nitrogens with zero attached hydrogens (tertiary/aromatic N) is 1. The molecule has 1 rings (SSSR count). The highest BCUT2D eigenvalue weighted by atomic mass is 35.5. The number of nitriles is 1. The zero-order valence-electron chi connectivity index (χ0n) is 8.67. The fourth-order valence-corrected chi connectivity index (χ4v) is 2.66. The first-order valence-electron chi connectivity index (χ1n) is 4.55. The van der Waals surface area contributed by atoms with E-state index in [1.807, 2.05) is 0 Å². The Kier molecular flexibility index (Phi) is 5.02. The van der Waals surface area contributed by atoms with Crippen molar-refractivity contribution in [3.63, 3.8) is 0 Å². The van der Waals surface area contributed by atoms with Crippen LogP contribution in [0.1, 0.15) is 0 Å². The minimum Gasteiger partial charge on any atom is -0.254 e. The summed E-state index contributed by atoms with van der Waals surface area (Å²) >= 11 is 11.3. The van der Waals surface area contributed by atoms with Gasteiger partial charge in [0, 0.05) is 4.90 Å². The van der Waals surface area contributed by atoms with E-state index in [2.05, 4.69) is 0 Å². The summed E-state index contributed by atoms with van der Waals surface area (Å²) in [5, 5.41) is 8.72. The Morgan fingerprint density at radius 1 is 1.33 bits per heavy atom. The fourth-order valence-electron chi connectivity index (χ4n) is 1.07. The van der Waals surface area contributed by atoms with Crippen LogP contribution in [0, 0.1) is 17.2 Å². The molecular weight excluding hydrogens is 310 g/mol. The monoisotopic (exact) mass is 315 g/mol. The van der Waals surface area contributed by atoms with Crippen LogP contribution in [0.25, 0.3) is 0 Å². The summed E-state index contributed by atoms with van der Waals surface area (Å²) in [5.41, 5.74) is 0. The normalized spacial score (nSPS) is 14.9. The second kappa shape index (κ2) is 5.91. The molecule has 0 saturated carbocycles. The molecule has 0 heterocycles. The molecule has 0 N–H and O–H groups in total. The quantitative estimate of drug-likeness (QED) is 0.851. The molecule has 18 heavy (non-hydrogen) atoms. The van der Waals surface area contributed by atoms with E-state index in [0.29, 0.717) is 0 Å². The van der Waals surface area contributed by atoms with Gasteiger partial charge in [0.15, 0.2) is 5.92 Å². The van der Waals surface area contributed by atoms with Crippen LogP contribution in [0.3, 0.4) is 0 Å². The summed E-state index contributed by atoms with van der Waals surface area (Å²) in [7, 11) is -1.96. The van der Waals surface area contributed by atoms with E-state index in [4.69, 9.17) is 28.5 Å². The Morgan fingerprint density at radius 2 is 1.94 bits per heavy atom. The lowest BCUT2D eigenvalue weighted by Gasteiger charge is -2.12. The molecule has 1 aromatic carbocycles. The molecule has 98 valence electrons. The second-order valence-electron chi connectivity index (χ2n) is 3.31. The van der Waals surface area contributed by atoms with Crippen LogP contribution < -0.4 is 0 Å². The Labute approximate surface area is 114 Å². The van der Waals surface area contributed by atoms with Crippen molar-refractivity contribution in [3.05, 3.63) is 28.2 Å². The summed E-state index contributed by atoms with van der Waals surface area (Å²) in [6.07, 6.45) is -4.69. The summed E-state index contributed by atoms with van der Waals surface area (Å²) in [5.74, 6) is -3.09. The third kappa shape index (κ3) is 3.87. The third-order valence-electron chi connectivity index (χ3n) is 2.02. The predicted octanol–water partition coefficient (Wildman–Crippen LogP) is 3.80. The van der Waals surface area contributed by atoms with Gasteiger partial charge in [-0.3, -0.25) is 4.21 Å². The van der Waals surface area contributed by atoms with Gasteiger partial charge >= 0.3 is 6.18 Å². The molecule has 0 aliphatic rings. The van der Waals surface area contributed by atoms with Crippen LogP contribution in [-0.2, 0) is 10.8 Å². The van der Waals surface area contributed by atoms with Crippen LogP contribution in [0.15, 0.2) is 23.1 Å². The van der Waals surface area contributed by atoms with E-state index in [1.165, 1.54) is 18.2 Å². The van der Waals surface area contributed by atoms with Gasteiger partial charge in [0.1, 0.15) is 0 Å². The third-order valence-corrected chi connectivity index (χ3v) is 4.18. The molecule has 8 heteroatoms. The topological polar surface area (TPSA) is 40.9 Å². The minimum absolute atomic E-state index is 0.100. The van der Waals surface area contributed by atoms with Gasteiger partial charge in [0.2, 0.25) is 0 Å². The molecule has 0 aliphatic carbocycles. The standard InChI is InChI=1S/C10H6Cl2F3NOS/c11-8-2-1-7(3-9(8)12)18(17)5-6(4-16)10(13,14)15/h1-3,6H,5H2. The van der Waals surface area contributed by atoms with Crippen molar-refractivity contribution in [2.24, 2.45) is 5.92 Å². The lowest BCUT2D eigenvalue weighted by molar-refractivity contribution is -0.153. The van der Waals surface area contributed by atoms with Crippen molar-refractivity contribution in [1.29, 1.82) is 5.26 Å². The predicted molar refractivity (Wildman–Crippen MR) is 62.9 cm³/mol. The molecule has 0 amide bonds. The van der Waals surface area contributed by atoms with Crippen molar-refractivity contribution in [1.82, 2.24) is 0 Å². The van der Waals surface area contributed by atoms with Gasteiger partial charge in [-0.05, 0) is 18.2 Å². The highest BCUT2D eigenvalue weighted by Crippen LogP contribution is 2.29. The molecule has 0 bridgehead atoms. The van der Waals surface area contributed by atoms with Crippen molar-refractivity contribution >= 4 is 34.0 Å². The molecular formula is C10H6Cl2F3NOS. The van der Waals surface area contributed by atoms with E-state index in [9.17, 15) is 17.4 Å². The molecule has 2 atom stereocenters. The number of hydrogen-bond acceptors (Lipinski definition) is 2. The summed E-state index contributed by atoms with van der Waals surface area (Å²) in [4.78, 5) is 0.105. The van der Waals surface area contributed by atoms with E-state index < -0.39 is 28.6 Å². The lowest BCUT2D eigenvalue weighted by Crippen LogP contribution is -2.26. The van der Waals surface area contributed by atoms with Crippen molar-refractivity contribution in [2.75, 3.05) is 5.75 Å². The van der Waals surface area contributed by atoms with E-state index in [0.717, 1.165) is 6.07 Å². The van der Waals surface area contributed by atoms with E-state index in [-0.39, 0.29) is 14.9 Å². The summed E-state index contributed by atoms with van der Waals surface area (Å²) in [6.45, 7) is 0. The van der Waals surface area contributed by atoms with Gasteiger partial charge in [-0.25, -0.2) is 0 Å². The highest BCUT2D eigenvalue weighted by molar-refractivity contribution is 7.85. The maximum absolute atomic E-state index is 12.3. The Bertz CT molecular complexity index is 513. The van der Waals surface area contributed by atoms with Crippen LogP contribution in [0.5, 0.6) is 0 Å². The highest BCUT2D eigenvalue weighted by Gasteiger charge is 2.41. The number of alkyl halides is 3. The van der Waals surface area contributed by atoms with Crippen LogP contribution in [-0.4, -0.2) is 16.1 Å². The number of hydrogen-bond donors (Lipinski definition) is 0. The molecule has 0 aromatic heterocycles. The minimum atomic E-state index is -4.69. The van der Waals surface area contributed by atoms with Crippen molar-refractivity contribution in [3.8, 4) is 6.07 Å². The molecule has 0 radical (unpaired) electrons. The molecule has 2 nitrogen and oxygen atoms in total. The summed E-state index contributed by atoms with van der Waals surface area (Å²) < 4.78 is 48.7. The Balaban J connectivity index is 2.89. The fraction of sp³-hybridized carbons (Fsp3) is 0.300. The summed E-state index contributed by atoms with van der Waals surface area (Å²) in [6, 6.07) is 4.97. The first-order chi connectivity index (χ1) is 8.25. The van der Waals surface area contributed by atoms with Gasteiger partial charge in [-0.1, -0.05) is 23.2 Å². The number of halogens is 5. The molecule has 1 aromatic rings. The van der Waals surface area contributed by atoms with Gasteiger partial charge in [-0.2, -0.15) is 18.4 Å². The van der Waals surface area contributed by atoms with Gasteiger partial charge in [0.25, 0.3) is 0 Å². The molecule has 0 aliphatic heterocycles. The van der Waals surface area contributed by atoms with Gasteiger partial charge in [0.05, 0.1) is 32.7 Å². The van der Waals surface area contributed by atoms with E-state index >= 15 is 0 Å². The van der Waals surface area contributed by atoms with Crippen LogP contribution in [0.2, 0.25) is 10.0 Å². The molecule has 0 spiro atoms. The van der Waals surface area contributed by atoms with Crippen LogP contribution in [0.4, 0.5) is 13.2 Å².